The fraction of sp³-hybridized carbons (Fsp3) is 0.400. The number of nitrogens with one attached hydrogen (secondary N) is 1. The van der Waals surface area contributed by atoms with Crippen molar-refractivity contribution in [2.75, 3.05) is 26.2 Å². The molecule has 0 aromatic carbocycles. The number of alkyl halides is 3. The number of aliphatic carboxylic acids is 1. The number of thiophene rings is 1. The van der Waals surface area contributed by atoms with E-state index in [2.05, 4.69) is 49.8 Å². The third-order valence-corrected chi connectivity index (χ3v) is 5.73. The van der Waals surface area contributed by atoms with Crippen LogP contribution in [0.4, 0.5) is 13.2 Å². The lowest BCUT2D eigenvalue weighted by molar-refractivity contribution is -0.192. The van der Waals surface area contributed by atoms with Crippen LogP contribution in [0.1, 0.15) is 24.3 Å². The van der Waals surface area contributed by atoms with Gasteiger partial charge in [0.1, 0.15) is 11.5 Å². The molecule has 2 N–H and O–H groups in total. The van der Waals surface area contributed by atoms with Crippen molar-refractivity contribution in [2.24, 2.45) is 0 Å². The monoisotopic (exact) mass is 456 g/mol. The summed E-state index contributed by atoms with van der Waals surface area (Å²) in [7, 11) is 0. The van der Waals surface area contributed by atoms with Gasteiger partial charge in [-0.25, -0.2) is 4.79 Å². The van der Waals surface area contributed by atoms with Gasteiger partial charge < -0.3 is 9.52 Å². The van der Waals surface area contributed by atoms with Crippen LogP contribution in [0.2, 0.25) is 0 Å². The number of carboxylic acid groups (broad SMARTS) is 1. The molecule has 168 valence electrons. The number of hydrogen-bond acceptors (Lipinski definition) is 6. The Labute approximate surface area is 181 Å². The fourth-order valence-corrected chi connectivity index (χ4v) is 4.00. The van der Waals surface area contributed by atoms with Gasteiger partial charge in [-0.1, -0.05) is 0 Å². The first-order valence-electron chi connectivity index (χ1n) is 9.61. The van der Waals surface area contributed by atoms with Gasteiger partial charge in [0.05, 0.1) is 6.54 Å². The molecule has 11 heteroatoms. The first-order chi connectivity index (χ1) is 14.7. The molecule has 1 aliphatic heterocycles. The second-order valence-electron chi connectivity index (χ2n) is 7.08. The van der Waals surface area contributed by atoms with Crippen LogP contribution < -0.4 is 0 Å². The molecule has 0 saturated carbocycles. The van der Waals surface area contributed by atoms with E-state index in [0.717, 1.165) is 49.9 Å². The minimum atomic E-state index is -5.08. The highest BCUT2D eigenvalue weighted by Crippen LogP contribution is 2.25. The van der Waals surface area contributed by atoms with Crippen molar-refractivity contribution in [3.05, 3.63) is 52.5 Å². The smallest absolute Gasteiger partial charge is 0.475 e. The maximum atomic E-state index is 10.6. The van der Waals surface area contributed by atoms with Gasteiger partial charge in [-0.05, 0) is 47.5 Å². The van der Waals surface area contributed by atoms with Gasteiger partial charge in [-0.3, -0.25) is 14.9 Å². The molecule has 7 nitrogen and oxygen atoms in total. The normalized spacial score (nSPS) is 16.5. The lowest BCUT2D eigenvalue weighted by atomic mass is 10.1. The minimum Gasteiger partial charge on any atom is -0.475 e. The maximum Gasteiger partial charge on any atom is 0.490 e. The Morgan fingerprint density at radius 1 is 1.26 bits per heavy atom. The molecule has 0 radical (unpaired) electrons. The number of hydrogen-bond donors (Lipinski definition) is 2. The van der Waals surface area contributed by atoms with E-state index in [0.29, 0.717) is 6.04 Å². The number of aromatic amines is 1. The molecular weight excluding hydrogens is 433 g/mol. The van der Waals surface area contributed by atoms with E-state index < -0.39 is 12.1 Å². The fourth-order valence-electron chi connectivity index (χ4n) is 3.25. The summed E-state index contributed by atoms with van der Waals surface area (Å²) in [5.41, 5.74) is 2.36. The quantitative estimate of drug-likeness (QED) is 0.597. The van der Waals surface area contributed by atoms with Crippen molar-refractivity contribution in [1.82, 2.24) is 20.0 Å². The standard InChI is InChI=1S/C18H22N4OS.C2HF3O2/c1-14(15-5-11-24-13-15)22-9-7-21(8-10-22)12-16-2-3-18(23-16)17-4-6-19-20-17;3-2(4,5)1(6)7/h2-6,11,13-14H,7-10,12H2,1H3,(H,19,20);(H,6,7). The summed E-state index contributed by atoms with van der Waals surface area (Å²) in [6.45, 7) is 7.54. The number of halogens is 3. The number of carboxylic acids is 1. The first kappa shape index (κ1) is 23.0. The summed E-state index contributed by atoms with van der Waals surface area (Å²) < 4.78 is 37.7. The Balaban J connectivity index is 0.000000339. The van der Waals surface area contributed by atoms with Crippen molar-refractivity contribution < 1.29 is 27.5 Å². The molecule has 1 saturated heterocycles. The van der Waals surface area contributed by atoms with Crippen LogP contribution in [0.25, 0.3) is 11.5 Å². The number of piperazine rings is 1. The minimum absolute atomic E-state index is 0.508. The van der Waals surface area contributed by atoms with Crippen LogP contribution in [0.3, 0.4) is 0 Å². The Hall–Kier alpha value is -2.63. The molecule has 0 bridgehead atoms. The van der Waals surface area contributed by atoms with Gasteiger partial charge in [0.15, 0.2) is 5.76 Å². The average molecular weight is 456 g/mol. The summed E-state index contributed by atoms with van der Waals surface area (Å²) in [6, 6.07) is 8.75. The summed E-state index contributed by atoms with van der Waals surface area (Å²) >= 11 is 1.78. The first-order valence-corrected chi connectivity index (χ1v) is 10.6. The molecule has 3 aromatic heterocycles. The van der Waals surface area contributed by atoms with Crippen LogP contribution in [-0.2, 0) is 11.3 Å². The lowest BCUT2D eigenvalue weighted by Gasteiger charge is -2.37. The third kappa shape index (κ3) is 6.42. The van der Waals surface area contributed by atoms with Gasteiger partial charge >= 0.3 is 12.1 Å². The van der Waals surface area contributed by atoms with E-state index in [-0.39, 0.29) is 0 Å². The number of rotatable bonds is 5. The topological polar surface area (TPSA) is 85.6 Å². The number of furan rings is 1. The summed E-state index contributed by atoms with van der Waals surface area (Å²) in [6.07, 6.45) is -3.34. The molecule has 0 amide bonds. The van der Waals surface area contributed by atoms with Crippen LogP contribution in [0.15, 0.2) is 45.6 Å². The van der Waals surface area contributed by atoms with Crippen molar-refractivity contribution in [1.29, 1.82) is 0 Å². The van der Waals surface area contributed by atoms with E-state index in [4.69, 9.17) is 14.3 Å². The zero-order chi connectivity index (χ0) is 22.4. The van der Waals surface area contributed by atoms with Gasteiger partial charge in [-0.15, -0.1) is 0 Å². The number of aromatic nitrogens is 2. The number of H-pyrrole nitrogens is 1. The lowest BCUT2D eigenvalue weighted by Crippen LogP contribution is -2.46. The molecule has 1 unspecified atom stereocenters. The second-order valence-corrected chi connectivity index (χ2v) is 7.86. The highest BCUT2D eigenvalue weighted by Gasteiger charge is 2.38. The highest BCUT2D eigenvalue weighted by atomic mass is 32.1. The molecule has 1 atom stereocenters. The second kappa shape index (κ2) is 10.1. The van der Waals surface area contributed by atoms with Gasteiger partial charge in [0, 0.05) is 38.4 Å². The molecule has 1 aliphatic rings. The molecule has 4 rings (SSSR count). The molecule has 31 heavy (non-hydrogen) atoms. The third-order valence-electron chi connectivity index (χ3n) is 5.03. The van der Waals surface area contributed by atoms with E-state index in [1.165, 1.54) is 5.56 Å². The highest BCUT2D eigenvalue weighted by molar-refractivity contribution is 7.07. The Morgan fingerprint density at radius 3 is 2.52 bits per heavy atom. The van der Waals surface area contributed by atoms with Crippen molar-refractivity contribution >= 4 is 17.3 Å². The number of carbonyl (C=O) groups is 1. The van der Waals surface area contributed by atoms with Gasteiger partial charge in [-0.2, -0.15) is 29.6 Å². The molecular formula is C20H23F3N4O3S. The van der Waals surface area contributed by atoms with E-state index in [1.807, 2.05) is 12.1 Å². The molecule has 1 fully saturated rings. The molecule has 0 spiro atoms. The van der Waals surface area contributed by atoms with Gasteiger partial charge in [0.2, 0.25) is 0 Å². The van der Waals surface area contributed by atoms with Crippen molar-refractivity contribution in [2.45, 2.75) is 25.7 Å². The van der Waals surface area contributed by atoms with E-state index >= 15 is 0 Å². The van der Waals surface area contributed by atoms with Crippen LogP contribution in [0.5, 0.6) is 0 Å². The SMILES string of the molecule is CC(c1ccsc1)N1CCN(Cc2ccc(-c3ccn[nH]3)o2)CC1.O=C(O)C(F)(F)F. The van der Waals surface area contributed by atoms with E-state index in [1.54, 1.807) is 17.5 Å². The largest absolute Gasteiger partial charge is 0.490 e. The molecule has 4 heterocycles. The summed E-state index contributed by atoms with van der Waals surface area (Å²) in [5, 5.41) is 18.5. The number of nitrogens with zero attached hydrogens (tertiary/aromatic N) is 3. The van der Waals surface area contributed by atoms with Crippen LogP contribution in [-0.4, -0.2) is 63.4 Å². The van der Waals surface area contributed by atoms with Crippen LogP contribution >= 0.6 is 11.3 Å². The van der Waals surface area contributed by atoms with Crippen molar-refractivity contribution in [3.63, 3.8) is 0 Å². The average Bonchev–Trinajstić information content (AvgIpc) is 3.49. The Kier molecular flexibility index (Phi) is 7.52. The Bertz CT molecular complexity index is 933. The zero-order valence-corrected chi connectivity index (χ0v) is 17.6. The summed E-state index contributed by atoms with van der Waals surface area (Å²) in [5.74, 6) is -0.890. The predicted molar refractivity (Wildman–Crippen MR) is 110 cm³/mol. The Morgan fingerprint density at radius 2 is 1.97 bits per heavy atom. The predicted octanol–water partition coefficient (Wildman–Crippen LogP) is 4.24. The summed E-state index contributed by atoms with van der Waals surface area (Å²) in [4.78, 5) is 13.9. The molecule has 0 aliphatic carbocycles. The van der Waals surface area contributed by atoms with Crippen LogP contribution in [0, 0.1) is 0 Å². The maximum absolute atomic E-state index is 10.6. The molecule has 3 aromatic rings. The zero-order valence-electron chi connectivity index (χ0n) is 16.8. The van der Waals surface area contributed by atoms with E-state index in [9.17, 15) is 13.2 Å². The van der Waals surface area contributed by atoms with Gasteiger partial charge in [0.25, 0.3) is 0 Å². The van der Waals surface area contributed by atoms with Crippen molar-refractivity contribution in [3.8, 4) is 11.5 Å².